The molecule has 2 atom stereocenters. The van der Waals surface area contributed by atoms with Gasteiger partial charge in [0.15, 0.2) is 0 Å². The van der Waals surface area contributed by atoms with Crippen molar-refractivity contribution in [2.24, 2.45) is 0 Å². The molecule has 0 bridgehead atoms. The molecule has 1 fully saturated rings. The van der Waals surface area contributed by atoms with E-state index in [4.69, 9.17) is 0 Å². The lowest BCUT2D eigenvalue weighted by Crippen LogP contribution is -2.53. The average Bonchev–Trinajstić information content (AvgIpc) is 2.71. The zero-order valence-electron chi connectivity index (χ0n) is 10.4. The van der Waals surface area contributed by atoms with Crippen molar-refractivity contribution in [1.29, 1.82) is 0 Å². The zero-order chi connectivity index (χ0) is 11.5. The van der Waals surface area contributed by atoms with Crippen LogP contribution in [0.5, 0.6) is 0 Å². The Kier molecular flexibility index (Phi) is 3.95. The maximum absolute atomic E-state index is 4.64. The Labute approximate surface area is 102 Å². The van der Waals surface area contributed by atoms with Crippen molar-refractivity contribution in [2.75, 3.05) is 13.1 Å². The summed E-state index contributed by atoms with van der Waals surface area (Å²) in [5.74, 6) is 0. The number of rotatable bonds is 3. The molecule has 1 N–H and O–H groups in total. The van der Waals surface area contributed by atoms with Crippen LogP contribution in [0, 0.1) is 0 Å². The molecule has 0 aromatic carbocycles. The summed E-state index contributed by atoms with van der Waals surface area (Å²) in [6.45, 7) is 9.91. The van der Waals surface area contributed by atoms with Crippen LogP contribution in [-0.2, 0) is 13.0 Å². The highest BCUT2D eigenvalue weighted by atomic mass is 32.1. The van der Waals surface area contributed by atoms with E-state index >= 15 is 0 Å². The van der Waals surface area contributed by atoms with Gasteiger partial charge in [0.25, 0.3) is 0 Å². The van der Waals surface area contributed by atoms with Crippen LogP contribution in [0.25, 0.3) is 0 Å². The van der Waals surface area contributed by atoms with Crippen molar-refractivity contribution in [2.45, 2.75) is 45.8 Å². The maximum atomic E-state index is 4.64. The Morgan fingerprint density at radius 2 is 2.38 bits per heavy atom. The summed E-state index contributed by atoms with van der Waals surface area (Å²) in [6, 6.07) is 1.21. The van der Waals surface area contributed by atoms with E-state index in [1.807, 2.05) is 0 Å². The molecule has 2 heterocycles. The highest BCUT2D eigenvalue weighted by Crippen LogP contribution is 2.15. The van der Waals surface area contributed by atoms with Crippen LogP contribution < -0.4 is 5.32 Å². The number of thiazole rings is 1. The molecule has 1 aliphatic heterocycles. The number of hydrogen-bond acceptors (Lipinski definition) is 4. The molecular weight excluding hydrogens is 218 g/mol. The number of piperazine rings is 1. The van der Waals surface area contributed by atoms with Crippen LogP contribution in [0.2, 0.25) is 0 Å². The van der Waals surface area contributed by atoms with Crippen LogP contribution in [0.4, 0.5) is 0 Å². The predicted molar refractivity (Wildman–Crippen MR) is 68.8 cm³/mol. The monoisotopic (exact) mass is 239 g/mol. The fourth-order valence-electron chi connectivity index (χ4n) is 2.11. The predicted octanol–water partition coefficient (Wildman–Crippen LogP) is 1.89. The molecule has 4 heteroatoms. The van der Waals surface area contributed by atoms with E-state index in [1.165, 1.54) is 10.7 Å². The van der Waals surface area contributed by atoms with Gasteiger partial charge in [-0.3, -0.25) is 4.90 Å². The second kappa shape index (κ2) is 5.25. The first-order chi connectivity index (χ1) is 7.69. The van der Waals surface area contributed by atoms with Crippen LogP contribution in [-0.4, -0.2) is 35.1 Å². The fourth-order valence-corrected chi connectivity index (χ4v) is 2.85. The third-order valence-corrected chi connectivity index (χ3v) is 4.20. The van der Waals surface area contributed by atoms with E-state index in [9.17, 15) is 0 Å². The first kappa shape index (κ1) is 12.0. The van der Waals surface area contributed by atoms with Crippen LogP contribution in [0.15, 0.2) is 5.38 Å². The molecule has 0 radical (unpaired) electrons. The Morgan fingerprint density at radius 3 is 3.06 bits per heavy atom. The third-order valence-electron chi connectivity index (χ3n) is 3.16. The Bertz CT molecular complexity index is 337. The summed E-state index contributed by atoms with van der Waals surface area (Å²) >= 11 is 1.79. The minimum absolute atomic E-state index is 0.598. The standard InChI is InChI=1S/C12H21N3S/c1-4-12-14-11(8-16-12)7-15-6-9(2)13-5-10(15)3/h8-10,13H,4-7H2,1-3H3. The molecule has 2 rings (SSSR count). The lowest BCUT2D eigenvalue weighted by atomic mass is 10.1. The average molecular weight is 239 g/mol. The quantitative estimate of drug-likeness (QED) is 0.873. The Hall–Kier alpha value is -0.450. The van der Waals surface area contributed by atoms with Gasteiger partial charge in [-0.25, -0.2) is 4.98 Å². The van der Waals surface area contributed by atoms with Gasteiger partial charge in [0.1, 0.15) is 0 Å². The molecule has 1 aromatic heterocycles. The minimum atomic E-state index is 0.598. The van der Waals surface area contributed by atoms with Crippen molar-refractivity contribution < 1.29 is 0 Å². The zero-order valence-corrected chi connectivity index (χ0v) is 11.2. The molecule has 1 aliphatic rings. The van der Waals surface area contributed by atoms with Gasteiger partial charge in [-0.05, 0) is 20.3 Å². The summed E-state index contributed by atoms with van der Waals surface area (Å²) in [6.07, 6.45) is 1.05. The number of hydrogen-bond donors (Lipinski definition) is 1. The van der Waals surface area contributed by atoms with Crippen molar-refractivity contribution in [3.63, 3.8) is 0 Å². The van der Waals surface area contributed by atoms with Gasteiger partial charge in [0.05, 0.1) is 10.7 Å². The summed E-state index contributed by atoms with van der Waals surface area (Å²) < 4.78 is 0. The van der Waals surface area contributed by atoms with Crippen molar-refractivity contribution in [3.8, 4) is 0 Å². The minimum Gasteiger partial charge on any atom is -0.311 e. The molecule has 0 saturated carbocycles. The van der Waals surface area contributed by atoms with E-state index in [0.717, 1.165) is 26.1 Å². The van der Waals surface area contributed by atoms with Crippen LogP contribution in [0.1, 0.15) is 31.5 Å². The lowest BCUT2D eigenvalue weighted by Gasteiger charge is -2.37. The fraction of sp³-hybridized carbons (Fsp3) is 0.750. The lowest BCUT2D eigenvalue weighted by molar-refractivity contribution is 0.137. The van der Waals surface area contributed by atoms with Gasteiger partial charge >= 0.3 is 0 Å². The van der Waals surface area contributed by atoms with Gasteiger partial charge in [-0.1, -0.05) is 6.92 Å². The highest BCUT2D eigenvalue weighted by molar-refractivity contribution is 7.09. The number of aromatic nitrogens is 1. The van der Waals surface area contributed by atoms with Crippen molar-refractivity contribution >= 4 is 11.3 Å². The van der Waals surface area contributed by atoms with Crippen molar-refractivity contribution in [3.05, 3.63) is 16.1 Å². The summed E-state index contributed by atoms with van der Waals surface area (Å²) in [4.78, 5) is 7.16. The largest absolute Gasteiger partial charge is 0.311 e. The number of aryl methyl sites for hydroxylation is 1. The summed E-state index contributed by atoms with van der Waals surface area (Å²) in [5, 5.41) is 6.97. The Balaban J connectivity index is 1.97. The molecule has 16 heavy (non-hydrogen) atoms. The molecule has 0 spiro atoms. The van der Waals surface area contributed by atoms with E-state index in [0.29, 0.717) is 12.1 Å². The number of nitrogens with one attached hydrogen (secondary N) is 1. The molecule has 90 valence electrons. The van der Waals surface area contributed by atoms with Gasteiger partial charge in [0, 0.05) is 37.1 Å². The maximum Gasteiger partial charge on any atom is 0.0926 e. The molecule has 2 unspecified atom stereocenters. The van der Waals surface area contributed by atoms with E-state index < -0.39 is 0 Å². The molecule has 0 amide bonds. The highest BCUT2D eigenvalue weighted by Gasteiger charge is 2.22. The second-order valence-corrected chi connectivity index (χ2v) is 5.62. The third kappa shape index (κ3) is 2.81. The topological polar surface area (TPSA) is 28.2 Å². The second-order valence-electron chi connectivity index (χ2n) is 4.67. The molecule has 3 nitrogen and oxygen atoms in total. The molecule has 1 saturated heterocycles. The normalized spacial score (nSPS) is 27.2. The van der Waals surface area contributed by atoms with Gasteiger partial charge in [-0.15, -0.1) is 11.3 Å². The SMILES string of the molecule is CCc1nc(CN2CC(C)NCC2C)cs1. The van der Waals surface area contributed by atoms with Gasteiger partial charge < -0.3 is 5.32 Å². The molecule has 1 aromatic rings. The van der Waals surface area contributed by atoms with Gasteiger partial charge in [0.2, 0.25) is 0 Å². The van der Waals surface area contributed by atoms with Crippen molar-refractivity contribution in [1.82, 2.24) is 15.2 Å². The molecular formula is C12H21N3S. The summed E-state index contributed by atoms with van der Waals surface area (Å²) in [5.41, 5.74) is 1.24. The van der Waals surface area contributed by atoms with E-state index in [-0.39, 0.29) is 0 Å². The van der Waals surface area contributed by atoms with E-state index in [2.05, 4.69) is 41.4 Å². The Morgan fingerprint density at radius 1 is 1.56 bits per heavy atom. The first-order valence-corrected chi connectivity index (χ1v) is 6.97. The summed E-state index contributed by atoms with van der Waals surface area (Å²) in [7, 11) is 0. The number of nitrogens with zero attached hydrogens (tertiary/aromatic N) is 2. The first-order valence-electron chi connectivity index (χ1n) is 6.09. The van der Waals surface area contributed by atoms with Crippen LogP contribution >= 0.6 is 11.3 Å². The van der Waals surface area contributed by atoms with Crippen LogP contribution in [0.3, 0.4) is 0 Å². The van der Waals surface area contributed by atoms with E-state index in [1.54, 1.807) is 11.3 Å². The smallest absolute Gasteiger partial charge is 0.0926 e. The molecule has 0 aliphatic carbocycles. The van der Waals surface area contributed by atoms with Gasteiger partial charge in [-0.2, -0.15) is 0 Å².